The lowest BCUT2D eigenvalue weighted by Crippen LogP contribution is -2.38. The van der Waals surface area contributed by atoms with Crippen LogP contribution < -0.4 is 10.6 Å². The van der Waals surface area contributed by atoms with Crippen molar-refractivity contribution < 1.29 is 4.39 Å². The lowest BCUT2D eigenvalue weighted by molar-refractivity contribution is 0.392. The Morgan fingerprint density at radius 1 is 1.30 bits per heavy atom. The maximum Gasteiger partial charge on any atom is 0.191 e. The van der Waals surface area contributed by atoms with E-state index in [1.54, 1.807) is 17.4 Å². The van der Waals surface area contributed by atoms with Crippen LogP contribution in [0.1, 0.15) is 28.8 Å². The van der Waals surface area contributed by atoms with Crippen molar-refractivity contribution in [2.75, 3.05) is 27.2 Å². The third-order valence-corrected chi connectivity index (χ3v) is 4.52. The maximum atomic E-state index is 13.9. The van der Waals surface area contributed by atoms with Crippen LogP contribution in [0.3, 0.4) is 0 Å². The lowest BCUT2D eigenvalue weighted by atomic mass is 10.1. The van der Waals surface area contributed by atoms with E-state index in [4.69, 9.17) is 0 Å². The number of hydrogen-bond acceptors (Lipinski definition) is 4. The second kappa shape index (κ2) is 12.2. The number of aryl methyl sites for hydroxylation is 1. The number of hydrogen-bond donors (Lipinski definition) is 2. The van der Waals surface area contributed by atoms with Gasteiger partial charge in [0.1, 0.15) is 5.82 Å². The van der Waals surface area contributed by atoms with Crippen LogP contribution in [0.25, 0.3) is 0 Å². The number of halogens is 2. The van der Waals surface area contributed by atoms with Gasteiger partial charge in [0.05, 0.1) is 17.2 Å². The molecule has 2 N–H and O–H groups in total. The van der Waals surface area contributed by atoms with E-state index in [1.807, 2.05) is 38.9 Å². The summed E-state index contributed by atoms with van der Waals surface area (Å²) in [5.74, 6) is 0.591. The van der Waals surface area contributed by atoms with Crippen LogP contribution in [-0.2, 0) is 19.5 Å². The summed E-state index contributed by atoms with van der Waals surface area (Å²) in [4.78, 5) is 11.0. The first-order chi connectivity index (χ1) is 12.5. The first-order valence-corrected chi connectivity index (χ1v) is 9.71. The van der Waals surface area contributed by atoms with Gasteiger partial charge in [-0.2, -0.15) is 0 Å². The smallest absolute Gasteiger partial charge is 0.191 e. The normalized spacial score (nSPS) is 11.4. The summed E-state index contributed by atoms with van der Waals surface area (Å²) in [7, 11) is 3.86. The van der Waals surface area contributed by atoms with Crippen molar-refractivity contribution in [2.24, 2.45) is 4.99 Å². The molecule has 5 nitrogen and oxygen atoms in total. The van der Waals surface area contributed by atoms with Gasteiger partial charge in [-0.15, -0.1) is 35.3 Å². The highest BCUT2D eigenvalue weighted by Crippen LogP contribution is 2.13. The van der Waals surface area contributed by atoms with E-state index >= 15 is 0 Å². The number of rotatable bonds is 8. The van der Waals surface area contributed by atoms with Crippen LogP contribution in [-0.4, -0.2) is 43.0 Å². The Kier molecular flexibility index (Phi) is 10.8. The summed E-state index contributed by atoms with van der Waals surface area (Å²) in [5.41, 5.74) is 2.79. The third-order valence-electron chi connectivity index (χ3n) is 3.70. The molecular weight excluding hydrogens is 476 g/mol. The molecule has 0 amide bonds. The largest absolute Gasteiger partial charge is 0.357 e. The van der Waals surface area contributed by atoms with Crippen molar-refractivity contribution in [3.63, 3.8) is 0 Å². The molecule has 2 rings (SSSR count). The zero-order chi connectivity index (χ0) is 18.9. The van der Waals surface area contributed by atoms with Crippen molar-refractivity contribution >= 4 is 41.3 Å². The summed E-state index contributed by atoms with van der Waals surface area (Å²) >= 11 is 1.67. The van der Waals surface area contributed by atoms with Crippen LogP contribution in [0.4, 0.5) is 4.39 Å². The van der Waals surface area contributed by atoms with Crippen LogP contribution in [0, 0.1) is 12.7 Å². The standard InChI is InChI=1S/C19H28FN5S.HI/c1-5-21-19(22-9-8-17-13-26-14(2)24-17)23-11-15-6-7-18(20)16(10-15)12-25(3)4;/h6-7,10,13H,5,8-9,11-12H2,1-4H3,(H2,21,22,23);1H. The van der Waals surface area contributed by atoms with E-state index in [1.165, 1.54) is 6.07 Å². The number of aromatic nitrogens is 1. The van der Waals surface area contributed by atoms with Crippen molar-refractivity contribution in [2.45, 2.75) is 33.4 Å². The van der Waals surface area contributed by atoms with Gasteiger partial charge in [0.15, 0.2) is 5.96 Å². The summed E-state index contributed by atoms with van der Waals surface area (Å²) in [6.45, 7) is 6.69. The molecule has 1 heterocycles. The van der Waals surface area contributed by atoms with Crippen molar-refractivity contribution in [1.29, 1.82) is 0 Å². The fourth-order valence-corrected chi connectivity index (χ4v) is 3.18. The second-order valence-electron chi connectivity index (χ2n) is 6.39. The number of nitrogens with one attached hydrogen (secondary N) is 2. The monoisotopic (exact) mass is 505 g/mol. The molecule has 8 heteroatoms. The highest BCUT2D eigenvalue weighted by atomic mass is 127. The van der Waals surface area contributed by atoms with Gasteiger partial charge < -0.3 is 15.5 Å². The summed E-state index contributed by atoms with van der Waals surface area (Å²) in [5, 5.41) is 9.75. The van der Waals surface area contributed by atoms with Gasteiger partial charge in [0.25, 0.3) is 0 Å². The van der Waals surface area contributed by atoms with Gasteiger partial charge in [-0.05, 0) is 45.6 Å². The number of guanidine groups is 1. The van der Waals surface area contributed by atoms with Gasteiger partial charge in [0, 0.05) is 37.0 Å². The Morgan fingerprint density at radius 2 is 2.07 bits per heavy atom. The Bertz CT molecular complexity index is 733. The quantitative estimate of drug-likeness (QED) is 0.327. The zero-order valence-corrected chi connectivity index (χ0v) is 19.5. The van der Waals surface area contributed by atoms with Crippen LogP contribution in [0.15, 0.2) is 28.6 Å². The fraction of sp³-hybridized carbons (Fsp3) is 0.474. The number of benzene rings is 1. The van der Waals surface area contributed by atoms with E-state index < -0.39 is 0 Å². The van der Waals surface area contributed by atoms with Crippen LogP contribution >= 0.6 is 35.3 Å². The SMILES string of the molecule is CCNC(=NCc1ccc(F)c(CN(C)C)c1)NCCc1csc(C)n1.I. The molecule has 0 bridgehead atoms. The maximum absolute atomic E-state index is 13.9. The average molecular weight is 505 g/mol. The predicted octanol–water partition coefficient (Wildman–Crippen LogP) is 3.57. The highest BCUT2D eigenvalue weighted by molar-refractivity contribution is 14.0. The first-order valence-electron chi connectivity index (χ1n) is 8.83. The number of nitrogens with zero attached hydrogens (tertiary/aromatic N) is 3. The van der Waals surface area contributed by atoms with Crippen molar-refractivity contribution in [1.82, 2.24) is 20.5 Å². The summed E-state index contributed by atoms with van der Waals surface area (Å²) < 4.78 is 13.9. The van der Waals surface area contributed by atoms with Crippen LogP contribution in [0.5, 0.6) is 0 Å². The van der Waals surface area contributed by atoms with Gasteiger partial charge in [-0.3, -0.25) is 0 Å². The molecule has 2 aromatic rings. The number of aliphatic imine (C=N–C) groups is 1. The minimum absolute atomic E-state index is 0. The Balaban J connectivity index is 0.00000364. The topological polar surface area (TPSA) is 52.6 Å². The molecule has 0 spiro atoms. The van der Waals surface area contributed by atoms with E-state index in [-0.39, 0.29) is 29.8 Å². The van der Waals surface area contributed by atoms with Crippen LogP contribution in [0.2, 0.25) is 0 Å². The Hall–Kier alpha value is -1.26. The molecule has 1 aromatic carbocycles. The van der Waals surface area contributed by atoms with E-state index in [0.29, 0.717) is 18.7 Å². The van der Waals surface area contributed by atoms with Crippen molar-refractivity contribution in [3.05, 3.63) is 51.2 Å². The minimum Gasteiger partial charge on any atom is -0.357 e. The minimum atomic E-state index is -0.171. The Morgan fingerprint density at radius 3 is 2.70 bits per heavy atom. The molecule has 0 atom stereocenters. The van der Waals surface area contributed by atoms with Gasteiger partial charge in [-0.1, -0.05) is 6.07 Å². The van der Waals surface area contributed by atoms with E-state index in [2.05, 4.69) is 26.0 Å². The molecular formula is C19H29FIN5S. The molecule has 0 radical (unpaired) electrons. The van der Waals surface area contributed by atoms with E-state index in [9.17, 15) is 4.39 Å². The molecule has 1 aromatic heterocycles. The van der Waals surface area contributed by atoms with Crippen molar-refractivity contribution in [3.8, 4) is 0 Å². The van der Waals surface area contributed by atoms with Gasteiger partial charge >= 0.3 is 0 Å². The average Bonchev–Trinajstić information content (AvgIpc) is 3.00. The molecule has 0 aliphatic carbocycles. The molecule has 27 heavy (non-hydrogen) atoms. The second-order valence-corrected chi connectivity index (χ2v) is 7.46. The fourth-order valence-electron chi connectivity index (χ4n) is 2.53. The molecule has 0 unspecified atom stereocenters. The molecule has 150 valence electrons. The van der Waals surface area contributed by atoms with Gasteiger partial charge in [-0.25, -0.2) is 14.4 Å². The molecule has 0 fully saturated rings. The predicted molar refractivity (Wildman–Crippen MR) is 123 cm³/mol. The molecule has 0 aliphatic rings. The zero-order valence-electron chi connectivity index (χ0n) is 16.4. The molecule has 0 saturated carbocycles. The summed E-state index contributed by atoms with van der Waals surface area (Å²) in [6, 6.07) is 5.20. The van der Waals surface area contributed by atoms with E-state index in [0.717, 1.165) is 41.7 Å². The van der Waals surface area contributed by atoms with Gasteiger partial charge in [0.2, 0.25) is 0 Å². The first kappa shape index (κ1) is 23.8. The number of thiazole rings is 1. The molecule has 0 saturated heterocycles. The third kappa shape index (κ3) is 8.52. The lowest BCUT2D eigenvalue weighted by Gasteiger charge is -2.13. The summed E-state index contributed by atoms with van der Waals surface area (Å²) in [6.07, 6.45) is 0.859. The molecule has 0 aliphatic heterocycles. The Labute approximate surface area is 182 Å². The highest BCUT2D eigenvalue weighted by Gasteiger charge is 2.06.